The fourth-order valence-corrected chi connectivity index (χ4v) is 9.82. The molecule has 0 bridgehead atoms. The molecule has 251 valence electrons. The van der Waals surface area contributed by atoms with Gasteiger partial charge in [0.05, 0.1) is 0 Å². The van der Waals surface area contributed by atoms with Gasteiger partial charge in [-0.05, 0) is 71.6 Å². The molecule has 0 aliphatic heterocycles. The second-order valence-electron chi connectivity index (χ2n) is 13.7. The van der Waals surface area contributed by atoms with Crippen LogP contribution in [0.25, 0.3) is 53.8 Å². The number of hydrogen-bond acceptors (Lipinski definition) is 3. The molecule has 4 aromatic carbocycles. The van der Waals surface area contributed by atoms with E-state index in [2.05, 4.69) is 129 Å². The zero-order valence-corrected chi connectivity index (χ0v) is 34.8. The van der Waals surface area contributed by atoms with Gasteiger partial charge in [0, 0.05) is 31.0 Å². The van der Waals surface area contributed by atoms with Gasteiger partial charge in [-0.1, -0.05) is 72.3 Å². The van der Waals surface area contributed by atoms with E-state index in [-0.39, 0.29) is 20.1 Å². The first-order valence-electron chi connectivity index (χ1n) is 17.0. The van der Waals surface area contributed by atoms with Gasteiger partial charge < -0.3 is 4.98 Å². The molecule has 5 heteroatoms. The molecule has 0 fully saturated rings. The second-order valence-corrected chi connectivity index (χ2v) is 25.4. The van der Waals surface area contributed by atoms with Crippen LogP contribution in [0.3, 0.4) is 0 Å². The van der Waals surface area contributed by atoms with E-state index in [1.54, 1.807) is 0 Å². The van der Waals surface area contributed by atoms with E-state index in [0.29, 0.717) is 5.92 Å². The van der Waals surface area contributed by atoms with Gasteiger partial charge in [-0.2, -0.15) is 11.3 Å². The topological polar surface area (TPSA) is 25.8 Å². The monoisotopic (exact) mass is 899 g/mol. The molecule has 0 saturated carbocycles. The van der Waals surface area contributed by atoms with Crippen LogP contribution in [0, 0.1) is 26.0 Å². The molecular formula is C44H44GeIrN2S-2. The summed E-state index contributed by atoms with van der Waals surface area (Å²) >= 11 is 0.139. The largest absolute Gasteiger partial charge is 0 e. The number of benzene rings is 4. The average molecular weight is 898 g/mol. The number of aryl methyl sites for hydroxylation is 2. The van der Waals surface area contributed by atoms with Crippen LogP contribution in [0.15, 0.2) is 109 Å². The van der Waals surface area contributed by atoms with Gasteiger partial charge in [-0.25, -0.2) is 0 Å². The summed E-state index contributed by atoms with van der Waals surface area (Å²) in [5.74, 6) is 7.72. The Bertz CT molecular complexity index is 2140. The number of nitrogens with zero attached hydrogens (tertiary/aromatic N) is 2. The number of rotatable bonds is 7. The first kappa shape index (κ1) is 36.9. The van der Waals surface area contributed by atoms with Crippen molar-refractivity contribution in [2.45, 2.75) is 63.7 Å². The Kier molecular flexibility index (Phi) is 12.1. The van der Waals surface area contributed by atoms with E-state index >= 15 is 0 Å². The van der Waals surface area contributed by atoms with Crippen molar-refractivity contribution in [3.05, 3.63) is 138 Å². The van der Waals surface area contributed by atoms with Gasteiger partial charge in [0.15, 0.2) is 0 Å². The maximum atomic E-state index is 4.74. The third kappa shape index (κ3) is 8.49. The molecule has 2 nitrogen and oxygen atoms in total. The predicted molar refractivity (Wildman–Crippen MR) is 211 cm³/mol. The molecule has 0 unspecified atom stereocenters. The molecule has 3 aromatic heterocycles. The molecule has 3 heterocycles. The molecule has 0 aliphatic carbocycles. The predicted octanol–water partition coefficient (Wildman–Crippen LogP) is 12.2. The summed E-state index contributed by atoms with van der Waals surface area (Å²) in [4.78, 5) is 9.27. The van der Waals surface area contributed by atoms with Crippen molar-refractivity contribution in [1.82, 2.24) is 9.97 Å². The van der Waals surface area contributed by atoms with E-state index in [0.717, 1.165) is 35.4 Å². The third-order valence-corrected chi connectivity index (χ3v) is 14.5. The van der Waals surface area contributed by atoms with E-state index in [9.17, 15) is 0 Å². The zero-order valence-electron chi connectivity index (χ0n) is 29.5. The molecule has 0 amide bonds. The Labute approximate surface area is 312 Å². The van der Waals surface area contributed by atoms with Crippen molar-refractivity contribution in [2.75, 3.05) is 0 Å². The zero-order chi connectivity index (χ0) is 33.8. The summed E-state index contributed by atoms with van der Waals surface area (Å²) in [6.45, 7) is 8.86. The summed E-state index contributed by atoms with van der Waals surface area (Å²) < 4.78 is 4.03. The number of aromatic nitrogens is 2. The molecular weight excluding hydrogens is 853 g/mol. The summed E-state index contributed by atoms with van der Waals surface area (Å²) in [7, 11) is 0. The van der Waals surface area contributed by atoms with E-state index < -0.39 is 13.3 Å². The van der Waals surface area contributed by atoms with Crippen molar-refractivity contribution in [2.24, 2.45) is 0 Å². The van der Waals surface area contributed by atoms with Crippen molar-refractivity contribution < 1.29 is 20.1 Å². The van der Waals surface area contributed by atoms with Crippen LogP contribution in [0.1, 0.15) is 49.3 Å². The molecule has 0 N–H and O–H groups in total. The summed E-state index contributed by atoms with van der Waals surface area (Å²) in [6.07, 6.45) is 6.30. The fourth-order valence-electron chi connectivity index (χ4n) is 6.40. The SMILES string of the molecule is CCC(CC)c1ccnc(-c2[c-]ccc3c2sc2cc(-c4cc(C)cc(C)c4)ccc23)c1.[CH3][Ge]([CH3])([CH3])[c]1ccc(-c2[c-]cccc2)nc1.[Ir]. The van der Waals surface area contributed by atoms with Crippen LogP contribution in [-0.2, 0) is 20.1 Å². The van der Waals surface area contributed by atoms with Crippen LogP contribution in [0.4, 0.5) is 0 Å². The van der Waals surface area contributed by atoms with E-state index in [1.165, 1.54) is 52.4 Å². The van der Waals surface area contributed by atoms with Gasteiger partial charge in [-0.3, -0.25) is 0 Å². The maximum Gasteiger partial charge on any atom is 0 e. The minimum Gasteiger partial charge on any atom is 0 e. The Morgan fingerprint density at radius 3 is 2.14 bits per heavy atom. The van der Waals surface area contributed by atoms with Crippen molar-refractivity contribution in [3.8, 4) is 33.6 Å². The van der Waals surface area contributed by atoms with Crippen molar-refractivity contribution in [1.29, 1.82) is 0 Å². The number of fused-ring (bicyclic) bond motifs is 3. The van der Waals surface area contributed by atoms with Gasteiger partial charge in [-0.15, -0.1) is 23.8 Å². The van der Waals surface area contributed by atoms with Gasteiger partial charge >= 0.3 is 99.8 Å². The molecule has 0 spiro atoms. The Morgan fingerprint density at radius 1 is 0.714 bits per heavy atom. The fraction of sp³-hybridized carbons (Fsp3) is 0.227. The van der Waals surface area contributed by atoms with Gasteiger partial charge in [0.2, 0.25) is 0 Å². The Morgan fingerprint density at radius 2 is 1.49 bits per heavy atom. The molecule has 7 aromatic rings. The van der Waals surface area contributed by atoms with Crippen LogP contribution < -0.4 is 4.40 Å². The Hall–Kier alpha value is -3.41. The molecule has 1 radical (unpaired) electrons. The van der Waals surface area contributed by atoms with Crippen LogP contribution in [0.2, 0.25) is 17.3 Å². The molecule has 0 saturated heterocycles. The molecule has 49 heavy (non-hydrogen) atoms. The summed E-state index contributed by atoms with van der Waals surface area (Å²) in [5, 5.41) is 2.60. The standard InChI is InChI=1S/C30H28NS.C14H16GeN.Ir/c1-5-21(6-2)23-12-13-31-28(17-23)27-9-7-8-26-25-11-10-22(18-29(25)32-30(26)27)24-15-19(3)14-20(4)16-24;1-15(2,3)13-9-10-14(16-11-13)12-7-5-4-6-8-12;/h7-8,10-18,21H,5-6H2,1-4H3;4-7,9-11H,1-3H3;/q2*-1;. The number of thiophene rings is 1. The minimum atomic E-state index is -1.72. The molecule has 7 rings (SSSR count). The van der Waals surface area contributed by atoms with Crippen molar-refractivity contribution >= 4 is 49.2 Å². The number of pyridine rings is 2. The van der Waals surface area contributed by atoms with Crippen LogP contribution >= 0.6 is 11.3 Å². The quantitative estimate of drug-likeness (QED) is 0.118. The third-order valence-electron chi connectivity index (χ3n) is 9.10. The van der Waals surface area contributed by atoms with Crippen LogP contribution in [-0.4, -0.2) is 23.2 Å². The van der Waals surface area contributed by atoms with Gasteiger partial charge in [0.1, 0.15) is 0 Å². The van der Waals surface area contributed by atoms with Crippen molar-refractivity contribution in [3.63, 3.8) is 0 Å². The normalized spacial score (nSPS) is 11.3. The summed E-state index contributed by atoms with van der Waals surface area (Å²) in [6, 6.07) is 41.3. The average Bonchev–Trinajstić information content (AvgIpc) is 3.47. The first-order chi connectivity index (χ1) is 23.1. The smallest absolute Gasteiger partial charge is 0 e. The summed E-state index contributed by atoms with van der Waals surface area (Å²) in [5.41, 5.74) is 10.8. The van der Waals surface area contributed by atoms with E-state index in [4.69, 9.17) is 4.98 Å². The second kappa shape index (κ2) is 16.1. The van der Waals surface area contributed by atoms with Crippen LogP contribution in [0.5, 0.6) is 0 Å². The minimum absolute atomic E-state index is 0. The van der Waals surface area contributed by atoms with E-state index in [1.807, 2.05) is 54.1 Å². The Balaban J connectivity index is 0.000000233. The maximum absolute atomic E-state index is 4.74. The number of hydrogen-bond donors (Lipinski definition) is 0. The molecule has 0 atom stereocenters. The van der Waals surface area contributed by atoms with Gasteiger partial charge in [0.25, 0.3) is 0 Å². The first-order valence-corrected chi connectivity index (χ1v) is 25.2. The molecule has 0 aliphatic rings.